The van der Waals surface area contributed by atoms with Crippen molar-refractivity contribution in [2.45, 2.75) is 6.04 Å². The summed E-state index contributed by atoms with van der Waals surface area (Å²) < 4.78 is 0. The average molecular weight is 292 g/mol. The molecule has 0 aliphatic heterocycles. The molecule has 0 unspecified atom stereocenters. The van der Waals surface area contributed by atoms with Crippen LogP contribution in [0.4, 0.5) is 0 Å². The summed E-state index contributed by atoms with van der Waals surface area (Å²) in [6.45, 7) is 0.716. The summed E-state index contributed by atoms with van der Waals surface area (Å²) in [5.74, 6) is -0.114. The second kappa shape index (κ2) is 6.59. The normalized spacial score (nSPS) is 12.4. The first kappa shape index (κ1) is 14.6. The maximum absolute atomic E-state index is 12.2. The molecule has 4 nitrogen and oxygen atoms in total. The molecule has 20 heavy (non-hydrogen) atoms. The number of hydrogen-bond acceptors (Lipinski definition) is 2. The van der Waals surface area contributed by atoms with E-state index in [1.807, 2.05) is 43.3 Å². The number of H-pyrrole nitrogens is 1. The molecule has 0 spiro atoms. The van der Waals surface area contributed by atoms with Crippen LogP contribution in [-0.4, -0.2) is 36.4 Å². The molecule has 1 amide bonds. The van der Waals surface area contributed by atoms with E-state index in [2.05, 4.69) is 10.3 Å². The molecule has 1 aromatic heterocycles. The Morgan fingerprint density at radius 2 is 2.00 bits per heavy atom. The van der Waals surface area contributed by atoms with Crippen molar-refractivity contribution in [3.8, 4) is 0 Å². The van der Waals surface area contributed by atoms with Gasteiger partial charge in [-0.15, -0.1) is 0 Å². The van der Waals surface area contributed by atoms with Gasteiger partial charge in [0.05, 0.1) is 6.04 Å². The number of carbonyl (C=O) groups excluding carboxylic acids is 1. The maximum atomic E-state index is 12.2. The molecule has 0 fully saturated rings. The quantitative estimate of drug-likeness (QED) is 0.890. The van der Waals surface area contributed by atoms with E-state index in [1.54, 1.807) is 18.3 Å². The number of benzene rings is 1. The van der Waals surface area contributed by atoms with Crippen LogP contribution in [0.5, 0.6) is 0 Å². The van der Waals surface area contributed by atoms with Crippen molar-refractivity contribution < 1.29 is 4.79 Å². The number of rotatable bonds is 5. The Bertz CT molecular complexity index is 549. The molecule has 5 heteroatoms. The molecule has 0 saturated carbocycles. The van der Waals surface area contributed by atoms with Gasteiger partial charge in [-0.05, 0) is 43.9 Å². The lowest BCUT2D eigenvalue weighted by Gasteiger charge is -2.22. The molecule has 1 aromatic carbocycles. The molecule has 2 N–H and O–H groups in total. The SMILES string of the molecule is CN(C)C[C@H](NC(=O)c1ccc[nH]1)c1ccc(Cl)cc1. The Kier molecular flexibility index (Phi) is 4.82. The lowest BCUT2D eigenvalue weighted by Crippen LogP contribution is -2.35. The number of aromatic nitrogens is 1. The zero-order valence-electron chi connectivity index (χ0n) is 11.6. The van der Waals surface area contributed by atoms with Gasteiger partial charge in [0.25, 0.3) is 5.91 Å². The van der Waals surface area contributed by atoms with E-state index in [1.165, 1.54) is 0 Å². The second-order valence-electron chi connectivity index (χ2n) is 4.92. The molecule has 2 aromatic rings. The van der Waals surface area contributed by atoms with E-state index in [0.29, 0.717) is 17.3 Å². The van der Waals surface area contributed by atoms with Gasteiger partial charge in [-0.3, -0.25) is 4.79 Å². The van der Waals surface area contributed by atoms with E-state index < -0.39 is 0 Å². The molecule has 1 atom stereocenters. The van der Waals surface area contributed by atoms with Gasteiger partial charge in [0, 0.05) is 17.8 Å². The molecular weight excluding hydrogens is 274 g/mol. The topological polar surface area (TPSA) is 48.1 Å². The minimum atomic E-state index is -0.114. The third kappa shape index (κ3) is 3.85. The summed E-state index contributed by atoms with van der Waals surface area (Å²) in [4.78, 5) is 17.1. The smallest absolute Gasteiger partial charge is 0.268 e. The Balaban J connectivity index is 2.15. The molecular formula is C15H18ClN3O. The number of likely N-dealkylation sites (N-methyl/N-ethyl adjacent to an activating group) is 1. The third-order valence-corrected chi connectivity index (χ3v) is 3.22. The largest absolute Gasteiger partial charge is 0.357 e. The van der Waals surface area contributed by atoms with Crippen LogP contribution in [0.25, 0.3) is 0 Å². The van der Waals surface area contributed by atoms with Gasteiger partial charge >= 0.3 is 0 Å². The van der Waals surface area contributed by atoms with Gasteiger partial charge in [0.1, 0.15) is 5.69 Å². The lowest BCUT2D eigenvalue weighted by molar-refractivity contribution is 0.0925. The van der Waals surface area contributed by atoms with Gasteiger partial charge < -0.3 is 15.2 Å². The summed E-state index contributed by atoms with van der Waals surface area (Å²) in [6, 6.07) is 11.0. The summed E-state index contributed by atoms with van der Waals surface area (Å²) in [5, 5.41) is 3.72. The summed E-state index contributed by atoms with van der Waals surface area (Å²) in [7, 11) is 3.95. The Labute approximate surface area is 123 Å². The summed E-state index contributed by atoms with van der Waals surface area (Å²) in [5.41, 5.74) is 1.59. The number of aromatic amines is 1. The fraction of sp³-hybridized carbons (Fsp3) is 0.267. The van der Waals surface area contributed by atoms with Crippen molar-refractivity contribution in [2.75, 3.05) is 20.6 Å². The van der Waals surface area contributed by atoms with E-state index in [4.69, 9.17) is 11.6 Å². The molecule has 0 radical (unpaired) electrons. The van der Waals surface area contributed by atoms with Crippen LogP contribution in [0, 0.1) is 0 Å². The van der Waals surface area contributed by atoms with Crippen LogP contribution < -0.4 is 5.32 Å². The van der Waals surface area contributed by atoms with E-state index in [0.717, 1.165) is 5.56 Å². The van der Waals surface area contributed by atoms with Crippen molar-refractivity contribution in [1.82, 2.24) is 15.2 Å². The zero-order valence-corrected chi connectivity index (χ0v) is 12.3. The second-order valence-corrected chi connectivity index (χ2v) is 5.36. The molecule has 0 aliphatic rings. The van der Waals surface area contributed by atoms with Crippen molar-refractivity contribution >= 4 is 17.5 Å². The minimum Gasteiger partial charge on any atom is -0.357 e. The zero-order chi connectivity index (χ0) is 14.5. The predicted molar refractivity (Wildman–Crippen MR) is 81.0 cm³/mol. The highest BCUT2D eigenvalue weighted by Crippen LogP contribution is 2.17. The highest BCUT2D eigenvalue weighted by Gasteiger charge is 2.17. The van der Waals surface area contributed by atoms with Gasteiger partial charge in [0.2, 0.25) is 0 Å². The molecule has 1 heterocycles. The van der Waals surface area contributed by atoms with Crippen molar-refractivity contribution in [1.29, 1.82) is 0 Å². The molecule has 0 aliphatic carbocycles. The maximum Gasteiger partial charge on any atom is 0.268 e. The molecule has 106 valence electrons. The Hall–Kier alpha value is -1.78. The Morgan fingerprint density at radius 1 is 1.30 bits per heavy atom. The number of hydrogen-bond donors (Lipinski definition) is 2. The first-order valence-electron chi connectivity index (χ1n) is 6.40. The summed E-state index contributed by atoms with van der Waals surface area (Å²) >= 11 is 5.91. The standard InChI is InChI=1S/C15H18ClN3O/c1-19(2)10-14(11-5-7-12(16)8-6-11)18-15(20)13-4-3-9-17-13/h3-9,14,17H,10H2,1-2H3,(H,18,20)/t14-/m0/s1. The van der Waals surface area contributed by atoms with Crippen LogP contribution in [0.2, 0.25) is 5.02 Å². The van der Waals surface area contributed by atoms with Gasteiger partial charge in [-0.2, -0.15) is 0 Å². The molecule has 0 saturated heterocycles. The lowest BCUT2D eigenvalue weighted by atomic mass is 10.1. The fourth-order valence-corrected chi connectivity index (χ4v) is 2.13. The van der Waals surface area contributed by atoms with Crippen molar-refractivity contribution in [3.63, 3.8) is 0 Å². The van der Waals surface area contributed by atoms with Crippen LogP contribution in [-0.2, 0) is 0 Å². The van der Waals surface area contributed by atoms with Crippen molar-refractivity contribution in [2.24, 2.45) is 0 Å². The van der Waals surface area contributed by atoms with E-state index in [-0.39, 0.29) is 11.9 Å². The summed E-state index contributed by atoms with van der Waals surface area (Å²) in [6.07, 6.45) is 1.73. The van der Waals surface area contributed by atoms with Crippen LogP contribution >= 0.6 is 11.6 Å². The van der Waals surface area contributed by atoms with Crippen LogP contribution in [0.15, 0.2) is 42.6 Å². The number of halogens is 1. The average Bonchev–Trinajstić information content (AvgIpc) is 2.92. The predicted octanol–water partition coefficient (Wildman–Crippen LogP) is 2.70. The number of nitrogens with zero attached hydrogens (tertiary/aromatic N) is 1. The van der Waals surface area contributed by atoms with Gasteiger partial charge in [0.15, 0.2) is 0 Å². The van der Waals surface area contributed by atoms with Gasteiger partial charge in [-0.25, -0.2) is 0 Å². The molecule has 0 bridgehead atoms. The van der Waals surface area contributed by atoms with E-state index >= 15 is 0 Å². The molecule has 2 rings (SSSR count). The number of carbonyl (C=O) groups is 1. The van der Waals surface area contributed by atoms with Gasteiger partial charge in [-0.1, -0.05) is 23.7 Å². The fourth-order valence-electron chi connectivity index (χ4n) is 2.00. The minimum absolute atomic E-state index is 0.0851. The number of nitrogens with one attached hydrogen (secondary N) is 2. The Morgan fingerprint density at radius 3 is 2.55 bits per heavy atom. The first-order valence-corrected chi connectivity index (χ1v) is 6.78. The highest BCUT2D eigenvalue weighted by atomic mass is 35.5. The first-order chi connectivity index (χ1) is 9.56. The van der Waals surface area contributed by atoms with Crippen LogP contribution in [0.3, 0.4) is 0 Å². The van der Waals surface area contributed by atoms with E-state index in [9.17, 15) is 4.79 Å². The van der Waals surface area contributed by atoms with Crippen molar-refractivity contribution in [3.05, 3.63) is 58.9 Å². The number of amides is 1. The highest BCUT2D eigenvalue weighted by molar-refractivity contribution is 6.30. The van der Waals surface area contributed by atoms with Crippen LogP contribution in [0.1, 0.15) is 22.1 Å². The third-order valence-electron chi connectivity index (χ3n) is 2.97. The monoisotopic (exact) mass is 291 g/mol.